The second-order valence-corrected chi connectivity index (χ2v) is 8.71. The first kappa shape index (κ1) is 19.6. The van der Waals surface area contributed by atoms with Gasteiger partial charge in [-0.25, -0.2) is 9.50 Å². The Balaban J connectivity index is 1.64. The van der Waals surface area contributed by atoms with Crippen molar-refractivity contribution in [1.29, 1.82) is 0 Å². The molecule has 27 heavy (non-hydrogen) atoms. The molecule has 0 atom stereocenters. The van der Waals surface area contributed by atoms with Crippen LogP contribution < -0.4 is 10.9 Å². The third-order valence-corrected chi connectivity index (χ3v) is 6.65. The predicted molar refractivity (Wildman–Crippen MR) is 107 cm³/mol. The number of aromatic amines is 1. The second kappa shape index (κ2) is 7.49. The summed E-state index contributed by atoms with van der Waals surface area (Å²) in [6.07, 6.45) is 5.97. The van der Waals surface area contributed by atoms with Gasteiger partial charge in [-0.05, 0) is 50.9 Å². The molecule has 2 N–H and O–H groups in total. The first-order valence-electron chi connectivity index (χ1n) is 10.1. The molecule has 2 aromatic heterocycles. The Labute approximate surface area is 160 Å². The SMILES string of the molecule is CCC(C)(C)C1CCC(NC(=O)Cc2c(C)nc3cc(=O)[nH]n3c2C)CC1. The summed E-state index contributed by atoms with van der Waals surface area (Å²) in [6, 6.07) is 1.74. The number of hydrogen-bond donors (Lipinski definition) is 2. The number of nitrogens with zero attached hydrogens (tertiary/aromatic N) is 2. The topological polar surface area (TPSA) is 79.3 Å². The fourth-order valence-electron chi connectivity index (χ4n) is 4.36. The fraction of sp³-hybridized carbons (Fsp3) is 0.667. The van der Waals surface area contributed by atoms with Crippen LogP contribution in [0.3, 0.4) is 0 Å². The lowest BCUT2D eigenvalue weighted by molar-refractivity contribution is -0.121. The van der Waals surface area contributed by atoms with Crippen LogP contribution in [0.25, 0.3) is 5.65 Å². The van der Waals surface area contributed by atoms with Crippen LogP contribution in [0.4, 0.5) is 0 Å². The van der Waals surface area contributed by atoms with Gasteiger partial charge in [-0.2, -0.15) is 0 Å². The Bertz CT molecular complexity index is 885. The standard InChI is InChI=1S/C21H32N4O2/c1-6-21(4,5)15-7-9-16(10-8-15)23-19(26)11-17-13(2)22-18-12-20(27)24-25(18)14(17)3/h12,15-16H,6-11H2,1-5H3,(H,23,26)(H,24,27). The summed E-state index contributed by atoms with van der Waals surface area (Å²) in [4.78, 5) is 28.7. The highest BCUT2D eigenvalue weighted by atomic mass is 16.1. The molecule has 1 amide bonds. The van der Waals surface area contributed by atoms with E-state index in [1.54, 1.807) is 4.52 Å². The minimum Gasteiger partial charge on any atom is -0.353 e. The minimum atomic E-state index is -0.182. The number of carbonyl (C=O) groups excluding carboxylic acids is 1. The van der Waals surface area contributed by atoms with Crippen LogP contribution in [0, 0.1) is 25.2 Å². The number of aromatic nitrogens is 3. The molecule has 1 aliphatic carbocycles. The molecule has 148 valence electrons. The van der Waals surface area contributed by atoms with E-state index in [1.165, 1.54) is 25.3 Å². The van der Waals surface area contributed by atoms with Gasteiger partial charge in [-0.15, -0.1) is 0 Å². The largest absolute Gasteiger partial charge is 0.353 e. The van der Waals surface area contributed by atoms with Crippen molar-refractivity contribution >= 4 is 11.6 Å². The zero-order valence-electron chi connectivity index (χ0n) is 17.2. The van der Waals surface area contributed by atoms with Gasteiger partial charge in [0.1, 0.15) is 0 Å². The summed E-state index contributed by atoms with van der Waals surface area (Å²) in [6.45, 7) is 10.8. The monoisotopic (exact) mass is 372 g/mol. The van der Waals surface area contributed by atoms with E-state index in [4.69, 9.17) is 0 Å². The Kier molecular flexibility index (Phi) is 5.45. The Hall–Kier alpha value is -2.11. The zero-order valence-corrected chi connectivity index (χ0v) is 17.2. The molecule has 0 saturated heterocycles. The van der Waals surface area contributed by atoms with Gasteiger partial charge in [-0.1, -0.05) is 27.2 Å². The number of rotatable bonds is 5. The van der Waals surface area contributed by atoms with E-state index in [9.17, 15) is 9.59 Å². The van der Waals surface area contributed by atoms with Crippen molar-refractivity contribution in [2.24, 2.45) is 11.3 Å². The van der Waals surface area contributed by atoms with E-state index in [1.807, 2.05) is 13.8 Å². The summed E-state index contributed by atoms with van der Waals surface area (Å²) in [5, 5.41) is 5.96. The minimum absolute atomic E-state index is 0.0371. The third kappa shape index (κ3) is 4.09. The Morgan fingerprint density at radius 2 is 1.96 bits per heavy atom. The maximum Gasteiger partial charge on any atom is 0.266 e. The van der Waals surface area contributed by atoms with Crippen molar-refractivity contribution < 1.29 is 4.79 Å². The van der Waals surface area contributed by atoms with Crippen LogP contribution >= 0.6 is 0 Å². The molecule has 0 aliphatic heterocycles. The quantitative estimate of drug-likeness (QED) is 0.845. The summed E-state index contributed by atoms with van der Waals surface area (Å²) in [5.74, 6) is 0.785. The lowest BCUT2D eigenvalue weighted by atomic mass is 9.69. The number of carbonyl (C=O) groups is 1. The van der Waals surface area contributed by atoms with Crippen molar-refractivity contribution in [2.45, 2.75) is 79.2 Å². The first-order valence-corrected chi connectivity index (χ1v) is 10.1. The van der Waals surface area contributed by atoms with Gasteiger partial charge in [0.15, 0.2) is 5.65 Å². The first-order chi connectivity index (χ1) is 12.7. The average Bonchev–Trinajstić information content (AvgIpc) is 2.99. The van der Waals surface area contributed by atoms with Crippen LogP contribution in [-0.4, -0.2) is 26.5 Å². The molecule has 1 saturated carbocycles. The molecule has 0 radical (unpaired) electrons. The third-order valence-electron chi connectivity index (χ3n) is 6.65. The molecule has 3 rings (SSSR count). The highest BCUT2D eigenvalue weighted by molar-refractivity contribution is 5.79. The Morgan fingerprint density at radius 3 is 2.59 bits per heavy atom. The molecule has 0 bridgehead atoms. The van der Waals surface area contributed by atoms with E-state index in [0.29, 0.717) is 17.5 Å². The maximum absolute atomic E-state index is 12.6. The molecule has 1 aliphatic rings. The van der Waals surface area contributed by atoms with E-state index in [2.05, 4.69) is 36.2 Å². The van der Waals surface area contributed by atoms with Crippen LogP contribution in [0.2, 0.25) is 0 Å². The van der Waals surface area contributed by atoms with Gasteiger partial charge in [0, 0.05) is 29.1 Å². The van der Waals surface area contributed by atoms with Crippen LogP contribution in [0.5, 0.6) is 0 Å². The molecule has 0 spiro atoms. The molecule has 2 aromatic rings. The average molecular weight is 373 g/mol. The van der Waals surface area contributed by atoms with Gasteiger partial charge in [0.05, 0.1) is 6.42 Å². The summed E-state index contributed by atoms with van der Waals surface area (Å²) in [5.41, 5.74) is 3.35. The van der Waals surface area contributed by atoms with E-state index in [-0.39, 0.29) is 17.5 Å². The molecular weight excluding hydrogens is 340 g/mol. The zero-order chi connectivity index (χ0) is 19.8. The Morgan fingerprint density at radius 1 is 1.30 bits per heavy atom. The molecule has 0 aromatic carbocycles. The van der Waals surface area contributed by atoms with E-state index >= 15 is 0 Å². The molecule has 6 nitrogen and oxygen atoms in total. The molecule has 1 fully saturated rings. The lowest BCUT2D eigenvalue weighted by Gasteiger charge is -2.39. The van der Waals surface area contributed by atoms with Crippen molar-refractivity contribution in [3.05, 3.63) is 33.4 Å². The number of fused-ring (bicyclic) bond motifs is 1. The van der Waals surface area contributed by atoms with Crippen molar-refractivity contribution in [3.63, 3.8) is 0 Å². The van der Waals surface area contributed by atoms with Crippen molar-refractivity contribution in [3.8, 4) is 0 Å². The van der Waals surface area contributed by atoms with Crippen LogP contribution in [0.15, 0.2) is 10.9 Å². The van der Waals surface area contributed by atoms with Crippen molar-refractivity contribution in [1.82, 2.24) is 19.9 Å². The smallest absolute Gasteiger partial charge is 0.266 e. The van der Waals surface area contributed by atoms with Gasteiger partial charge >= 0.3 is 0 Å². The summed E-state index contributed by atoms with van der Waals surface area (Å²) < 4.78 is 1.66. The van der Waals surface area contributed by atoms with Gasteiger partial charge in [0.25, 0.3) is 5.56 Å². The van der Waals surface area contributed by atoms with E-state index < -0.39 is 0 Å². The number of hydrogen-bond acceptors (Lipinski definition) is 3. The number of amides is 1. The molecular formula is C21H32N4O2. The van der Waals surface area contributed by atoms with Crippen LogP contribution in [-0.2, 0) is 11.2 Å². The van der Waals surface area contributed by atoms with E-state index in [0.717, 1.165) is 35.7 Å². The fourth-order valence-corrected chi connectivity index (χ4v) is 4.36. The highest BCUT2D eigenvalue weighted by Gasteiger charge is 2.32. The normalized spacial score (nSPS) is 20.8. The summed E-state index contributed by atoms with van der Waals surface area (Å²) in [7, 11) is 0. The van der Waals surface area contributed by atoms with Gasteiger partial charge in [0.2, 0.25) is 5.91 Å². The second-order valence-electron chi connectivity index (χ2n) is 8.71. The summed E-state index contributed by atoms with van der Waals surface area (Å²) >= 11 is 0. The predicted octanol–water partition coefficient (Wildman–Crippen LogP) is 3.29. The van der Waals surface area contributed by atoms with Gasteiger partial charge in [-0.3, -0.25) is 14.7 Å². The van der Waals surface area contributed by atoms with Crippen LogP contribution in [0.1, 0.15) is 69.8 Å². The maximum atomic E-state index is 12.6. The van der Waals surface area contributed by atoms with Gasteiger partial charge < -0.3 is 5.32 Å². The van der Waals surface area contributed by atoms with Crippen molar-refractivity contribution in [2.75, 3.05) is 0 Å². The molecule has 6 heteroatoms. The molecule has 2 heterocycles. The number of nitrogens with one attached hydrogen (secondary N) is 2. The number of H-pyrrole nitrogens is 1. The highest BCUT2D eigenvalue weighted by Crippen LogP contribution is 2.40. The lowest BCUT2D eigenvalue weighted by Crippen LogP contribution is -2.40. The molecule has 0 unspecified atom stereocenters. The number of aryl methyl sites for hydroxylation is 2.